The molecule has 120 valence electrons. The lowest BCUT2D eigenvalue weighted by Gasteiger charge is -2.16. The maximum atomic E-state index is 12.7. The van der Waals surface area contributed by atoms with E-state index in [9.17, 15) is 26.3 Å². The van der Waals surface area contributed by atoms with E-state index in [0.717, 1.165) is 25.0 Å². The Morgan fingerprint density at radius 3 is 1.81 bits per heavy atom. The van der Waals surface area contributed by atoms with Crippen LogP contribution in [0.15, 0.2) is 18.2 Å². The van der Waals surface area contributed by atoms with Gasteiger partial charge in [0.1, 0.15) is 0 Å². The third-order valence-electron chi connectivity index (χ3n) is 3.02. The molecule has 1 aromatic rings. The van der Waals surface area contributed by atoms with Gasteiger partial charge in [0.15, 0.2) is 0 Å². The van der Waals surface area contributed by atoms with Crippen molar-refractivity contribution in [3.8, 4) is 0 Å². The minimum absolute atomic E-state index is 0.0267. The van der Waals surface area contributed by atoms with Crippen LogP contribution in [0.25, 0.3) is 0 Å². The van der Waals surface area contributed by atoms with Gasteiger partial charge in [-0.15, -0.1) is 0 Å². The first-order valence-corrected chi connectivity index (χ1v) is 6.55. The molecule has 0 saturated carbocycles. The molecule has 1 atom stereocenters. The highest BCUT2D eigenvalue weighted by Crippen LogP contribution is 2.36. The molecule has 0 saturated heterocycles. The summed E-state index contributed by atoms with van der Waals surface area (Å²) < 4.78 is 76.0. The standard InChI is InChI=1S/C14H17F6N/c1-3-4-9(2)21-8-10-5-11(13(15,16)17)7-12(6-10)14(18,19)20/h5-7,9,21H,3-4,8H2,1-2H3. The van der Waals surface area contributed by atoms with E-state index in [-0.39, 0.29) is 24.2 Å². The molecule has 0 radical (unpaired) electrons. The first-order chi connectivity index (χ1) is 9.54. The quantitative estimate of drug-likeness (QED) is 0.754. The van der Waals surface area contributed by atoms with Crippen LogP contribution in [0.4, 0.5) is 26.3 Å². The number of rotatable bonds is 5. The number of nitrogens with one attached hydrogen (secondary N) is 1. The second-order valence-electron chi connectivity index (χ2n) is 4.98. The molecule has 1 unspecified atom stereocenters. The molecule has 0 amide bonds. The lowest BCUT2D eigenvalue weighted by molar-refractivity contribution is -0.143. The topological polar surface area (TPSA) is 12.0 Å². The average Bonchev–Trinajstić information content (AvgIpc) is 2.34. The molecule has 0 aromatic heterocycles. The number of benzene rings is 1. The fourth-order valence-corrected chi connectivity index (χ4v) is 1.95. The van der Waals surface area contributed by atoms with Crippen LogP contribution in [-0.2, 0) is 18.9 Å². The summed E-state index contributed by atoms with van der Waals surface area (Å²) >= 11 is 0. The fraction of sp³-hybridized carbons (Fsp3) is 0.571. The predicted octanol–water partition coefficient (Wildman–Crippen LogP) is 5.00. The Bertz CT molecular complexity index is 431. The molecule has 0 aliphatic heterocycles. The van der Waals surface area contributed by atoms with Gasteiger partial charge in [-0.3, -0.25) is 0 Å². The van der Waals surface area contributed by atoms with Crippen LogP contribution < -0.4 is 5.32 Å². The highest BCUT2D eigenvalue weighted by Gasteiger charge is 2.36. The van der Waals surface area contributed by atoms with Crippen molar-refractivity contribution >= 4 is 0 Å². The molecule has 1 N–H and O–H groups in total. The van der Waals surface area contributed by atoms with E-state index in [2.05, 4.69) is 5.32 Å². The molecule has 0 fully saturated rings. The summed E-state index contributed by atoms with van der Waals surface area (Å²) in [6.45, 7) is 3.75. The second-order valence-corrected chi connectivity index (χ2v) is 4.98. The van der Waals surface area contributed by atoms with Gasteiger partial charge in [-0.05, 0) is 37.1 Å². The van der Waals surface area contributed by atoms with Gasteiger partial charge in [0.05, 0.1) is 11.1 Å². The van der Waals surface area contributed by atoms with Crippen molar-refractivity contribution in [2.45, 2.75) is 51.6 Å². The molecule has 1 aromatic carbocycles. The zero-order chi connectivity index (χ0) is 16.3. The maximum Gasteiger partial charge on any atom is 0.416 e. The van der Waals surface area contributed by atoms with Crippen molar-refractivity contribution in [3.05, 3.63) is 34.9 Å². The number of hydrogen-bond donors (Lipinski definition) is 1. The molecule has 0 bridgehead atoms. The lowest BCUT2D eigenvalue weighted by Crippen LogP contribution is -2.25. The summed E-state index contributed by atoms with van der Waals surface area (Å²) in [6.07, 6.45) is -7.92. The smallest absolute Gasteiger partial charge is 0.310 e. The predicted molar refractivity (Wildman–Crippen MR) is 67.7 cm³/mol. The minimum atomic E-state index is -4.80. The molecule has 0 aliphatic carbocycles. The van der Waals surface area contributed by atoms with Gasteiger partial charge in [0.25, 0.3) is 0 Å². The van der Waals surface area contributed by atoms with E-state index in [1.54, 1.807) is 0 Å². The first kappa shape index (κ1) is 17.8. The van der Waals surface area contributed by atoms with Crippen LogP contribution >= 0.6 is 0 Å². The lowest BCUT2D eigenvalue weighted by atomic mass is 10.0. The first-order valence-electron chi connectivity index (χ1n) is 6.55. The Kier molecular flexibility index (Phi) is 5.67. The van der Waals surface area contributed by atoms with Crippen molar-refractivity contribution in [1.82, 2.24) is 5.32 Å². The largest absolute Gasteiger partial charge is 0.416 e. The van der Waals surface area contributed by atoms with Crippen molar-refractivity contribution in [3.63, 3.8) is 0 Å². The summed E-state index contributed by atoms with van der Waals surface area (Å²) in [7, 11) is 0. The van der Waals surface area contributed by atoms with E-state index in [0.29, 0.717) is 0 Å². The van der Waals surface area contributed by atoms with Gasteiger partial charge in [0, 0.05) is 12.6 Å². The number of alkyl halides is 6. The fourth-order valence-electron chi connectivity index (χ4n) is 1.95. The SMILES string of the molecule is CCCC(C)NCc1cc(C(F)(F)F)cc(C(F)(F)F)c1. The van der Waals surface area contributed by atoms with E-state index < -0.39 is 23.5 Å². The van der Waals surface area contributed by atoms with Gasteiger partial charge < -0.3 is 5.32 Å². The maximum absolute atomic E-state index is 12.7. The van der Waals surface area contributed by atoms with Gasteiger partial charge >= 0.3 is 12.4 Å². The molecule has 0 spiro atoms. The Hall–Kier alpha value is -1.24. The summed E-state index contributed by atoms with van der Waals surface area (Å²) in [5.74, 6) is 0. The number of hydrogen-bond acceptors (Lipinski definition) is 1. The van der Waals surface area contributed by atoms with Gasteiger partial charge in [-0.2, -0.15) is 26.3 Å². The molecule has 7 heteroatoms. The van der Waals surface area contributed by atoms with Crippen LogP contribution in [0.2, 0.25) is 0 Å². The summed E-state index contributed by atoms with van der Waals surface area (Å²) in [4.78, 5) is 0. The molecule has 0 aliphatic rings. The molecule has 1 rings (SSSR count). The van der Waals surface area contributed by atoms with E-state index in [1.807, 2.05) is 13.8 Å². The Balaban J connectivity index is 3.03. The van der Waals surface area contributed by atoms with Crippen molar-refractivity contribution in [2.75, 3.05) is 0 Å². The van der Waals surface area contributed by atoms with E-state index in [1.165, 1.54) is 0 Å². The minimum Gasteiger partial charge on any atom is -0.310 e. The van der Waals surface area contributed by atoms with Crippen LogP contribution in [0.3, 0.4) is 0 Å². The van der Waals surface area contributed by atoms with Crippen LogP contribution in [-0.4, -0.2) is 6.04 Å². The van der Waals surface area contributed by atoms with Crippen LogP contribution in [0.1, 0.15) is 43.4 Å². The highest BCUT2D eigenvalue weighted by molar-refractivity contribution is 5.33. The van der Waals surface area contributed by atoms with Crippen molar-refractivity contribution < 1.29 is 26.3 Å². The number of halogens is 6. The molecular weight excluding hydrogens is 296 g/mol. The van der Waals surface area contributed by atoms with Crippen molar-refractivity contribution in [1.29, 1.82) is 0 Å². The molecule has 1 nitrogen and oxygen atoms in total. The average molecular weight is 313 g/mol. The Morgan fingerprint density at radius 2 is 1.43 bits per heavy atom. The van der Waals surface area contributed by atoms with Gasteiger partial charge in [0.2, 0.25) is 0 Å². The van der Waals surface area contributed by atoms with E-state index in [4.69, 9.17) is 0 Å². The normalized spacial score (nSPS) is 14.3. The van der Waals surface area contributed by atoms with Gasteiger partial charge in [-0.25, -0.2) is 0 Å². The summed E-state index contributed by atoms with van der Waals surface area (Å²) in [6, 6.07) is 1.67. The van der Waals surface area contributed by atoms with Crippen molar-refractivity contribution in [2.24, 2.45) is 0 Å². The summed E-state index contributed by atoms with van der Waals surface area (Å²) in [5.41, 5.74) is -2.59. The van der Waals surface area contributed by atoms with Crippen LogP contribution in [0.5, 0.6) is 0 Å². The van der Waals surface area contributed by atoms with Crippen LogP contribution in [0, 0.1) is 0 Å². The van der Waals surface area contributed by atoms with Gasteiger partial charge in [-0.1, -0.05) is 13.3 Å². The third kappa shape index (κ3) is 5.57. The van der Waals surface area contributed by atoms with E-state index >= 15 is 0 Å². The monoisotopic (exact) mass is 313 g/mol. The zero-order valence-electron chi connectivity index (χ0n) is 11.7. The third-order valence-corrected chi connectivity index (χ3v) is 3.02. The molecule has 21 heavy (non-hydrogen) atoms. The summed E-state index contributed by atoms with van der Waals surface area (Å²) in [5, 5.41) is 2.92. The molecule has 0 heterocycles. The highest BCUT2D eigenvalue weighted by atomic mass is 19.4. The second kappa shape index (κ2) is 6.68. The molecular formula is C14H17F6N. The Labute approximate surface area is 119 Å². The zero-order valence-corrected chi connectivity index (χ0v) is 11.7. The Morgan fingerprint density at radius 1 is 0.952 bits per heavy atom.